The summed E-state index contributed by atoms with van der Waals surface area (Å²) in [4.78, 5) is 2.77. The second kappa shape index (κ2) is 9.82. The van der Waals surface area contributed by atoms with E-state index in [1.54, 1.807) is 0 Å². The van der Waals surface area contributed by atoms with Gasteiger partial charge in [0.25, 0.3) is 0 Å². The molecule has 0 aromatic heterocycles. The highest BCUT2D eigenvalue weighted by Gasteiger charge is 2.31. The molecule has 1 unspecified atom stereocenters. The molecule has 0 spiro atoms. The fourth-order valence-corrected chi connectivity index (χ4v) is 2.69. The van der Waals surface area contributed by atoms with Crippen molar-refractivity contribution >= 4 is 0 Å². The third-order valence-electron chi connectivity index (χ3n) is 4.96. The third kappa shape index (κ3) is 7.67. The van der Waals surface area contributed by atoms with Crippen LogP contribution >= 0.6 is 0 Å². The maximum atomic E-state index is 2.77. The van der Waals surface area contributed by atoms with E-state index in [1.165, 1.54) is 45.2 Å². The van der Waals surface area contributed by atoms with Crippen molar-refractivity contribution in [2.45, 2.75) is 93.0 Å². The van der Waals surface area contributed by atoms with Gasteiger partial charge >= 0.3 is 0 Å². The highest BCUT2D eigenvalue weighted by Crippen LogP contribution is 2.29. The largest absolute Gasteiger partial charge is 0.298 e. The van der Waals surface area contributed by atoms with E-state index in [2.05, 4.69) is 60.3 Å². The first-order valence-corrected chi connectivity index (χ1v) is 8.96. The molecule has 0 aromatic carbocycles. The number of unbranched alkanes of at least 4 members (excludes halogenated alkanes) is 1. The van der Waals surface area contributed by atoms with Crippen LogP contribution in [0.3, 0.4) is 0 Å². The first-order valence-electron chi connectivity index (χ1n) is 8.96. The minimum atomic E-state index is 0.332. The maximum Gasteiger partial charge on any atom is 0.0178 e. The van der Waals surface area contributed by atoms with E-state index in [4.69, 9.17) is 0 Å². The molecule has 0 aromatic rings. The minimum Gasteiger partial charge on any atom is -0.298 e. The van der Waals surface area contributed by atoms with Gasteiger partial charge in [-0.1, -0.05) is 54.4 Å². The second-order valence-electron chi connectivity index (χ2n) is 8.05. The zero-order valence-corrected chi connectivity index (χ0v) is 15.6. The Balaban J connectivity index is 4.67. The molecule has 0 rings (SSSR count). The predicted molar refractivity (Wildman–Crippen MR) is 93.3 cm³/mol. The van der Waals surface area contributed by atoms with E-state index < -0.39 is 0 Å². The lowest BCUT2D eigenvalue weighted by molar-refractivity contribution is 0.0556. The summed E-state index contributed by atoms with van der Waals surface area (Å²) in [6, 6.07) is 0. The van der Waals surface area contributed by atoms with Crippen LogP contribution in [0, 0.1) is 17.8 Å². The molecule has 1 heteroatoms. The second-order valence-corrected chi connectivity index (χ2v) is 8.05. The van der Waals surface area contributed by atoms with Gasteiger partial charge < -0.3 is 0 Å². The Bertz CT molecular complexity index is 218. The lowest BCUT2D eigenvalue weighted by atomic mass is 9.83. The van der Waals surface area contributed by atoms with Crippen molar-refractivity contribution in [2.75, 3.05) is 13.1 Å². The average molecular weight is 284 g/mol. The minimum absolute atomic E-state index is 0.332. The smallest absolute Gasteiger partial charge is 0.0178 e. The quantitative estimate of drug-likeness (QED) is 0.450. The van der Waals surface area contributed by atoms with Gasteiger partial charge in [0.15, 0.2) is 0 Å². The van der Waals surface area contributed by atoms with Crippen LogP contribution in [0.4, 0.5) is 0 Å². The molecule has 0 aliphatic carbocycles. The number of nitrogens with zero attached hydrogens (tertiary/aromatic N) is 1. The molecule has 0 saturated carbocycles. The summed E-state index contributed by atoms with van der Waals surface area (Å²) >= 11 is 0. The van der Waals surface area contributed by atoms with Crippen molar-refractivity contribution in [3.63, 3.8) is 0 Å². The van der Waals surface area contributed by atoms with E-state index in [9.17, 15) is 0 Å². The van der Waals surface area contributed by atoms with Crippen LogP contribution in [0.25, 0.3) is 0 Å². The van der Waals surface area contributed by atoms with Gasteiger partial charge in [0, 0.05) is 5.54 Å². The van der Waals surface area contributed by atoms with Crippen LogP contribution in [0.5, 0.6) is 0 Å². The molecule has 1 nitrogen and oxygen atoms in total. The summed E-state index contributed by atoms with van der Waals surface area (Å²) in [7, 11) is 0. The van der Waals surface area contributed by atoms with Crippen molar-refractivity contribution in [1.82, 2.24) is 4.90 Å². The Morgan fingerprint density at radius 1 is 0.800 bits per heavy atom. The van der Waals surface area contributed by atoms with Gasteiger partial charge in [0.2, 0.25) is 0 Å². The lowest BCUT2D eigenvalue weighted by Gasteiger charge is -2.44. The van der Waals surface area contributed by atoms with Crippen molar-refractivity contribution in [3.8, 4) is 0 Å². The monoisotopic (exact) mass is 283 g/mol. The van der Waals surface area contributed by atoms with E-state index in [1.807, 2.05) is 0 Å². The van der Waals surface area contributed by atoms with E-state index in [-0.39, 0.29) is 0 Å². The summed E-state index contributed by atoms with van der Waals surface area (Å²) in [5.74, 6) is 2.39. The fraction of sp³-hybridized carbons (Fsp3) is 1.00. The summed E-state index contributed by atoms with van der Waals surface area (Å²) in [6.45, 7) is 21.6. The van der Waals surface area contributed by atoms with Gasteiger partial charge in [0.1, 0.15) is 0 Å². The van der Waals surface area contributed by atoms with Crippen molar-refractivity contribution in [1.29, 1.82) is 0 Å². The van der Waals surface area contributed by atoms with Crippen molar-refractivity contribution < 1.29 is 0 Å². The molecule has 20 heavy (non-hydrogen) atoms. The summed E-state index contributed by atoms with van der Waals surface area (Å²) in [6.07, 6.45) is 6.69. The number of rotatable bonds is 11. The average Bonchev–Trinajstić information content (AvgIpc) is 2.34. The van der Waals surface area contributed by atoms with Gasteiger partial charge in [-0.15, -0.1) is 0 Å². The molecule has 0 saturated heterocycles. The molecule has 1 atom stereocenters. The number of hydrogen-bond donors (Lipinski definition) is 0. The molecule has 0 aliphatic rings. The molecule has 0 N–H and O–H groups in total. The Hall–Kier alpha value is -0.0400. The molecule has 0 fully saturated rings. The van der Waals surface area contributed by atoms with Gasteiger partial charge in [-0.2, -0.15) is 0 Å². The molecular weight excluding hydrogens is 242 g/mol. The molecule has 0 heterocycles. The third-order valence-corrected chi connectivity index (χ3v) is 4.96. The zero-order chi connectivity index (χ0) is 15.8. The van der Waals surface area contributed by atoms with Crippen LogP contribution < -0.4 is 0 Å². The molecule has 0 bridgehead atoms. The van der Waals surface area contributed by atoms with Crippen molar-refractivity contribution in [3.05, 3.63) is 0 Å². The zero-order valence-electron chi connectivity index (χ0n) is 15.6. The van der Waals surface area contributed by atoms with Gasteiger partial charge in [-0.25, -0.2) is 0 Å². The van der Waals surface area contributed by atoms with Gasteiger partial charge in [-0.05, 0) is 64.0 Å². The summed E-state index contributed by atoms with van der Waals surface area (Å²) in [5, 5.41) is 0. The van der Waals surface area contributed by atoms with E-state index in [0.29, 0.717) is 5.54 Å². The van der Waals surface area contributed by atoms with Crippen molar-refractivity contribution in [2.24, 2.45) is 17.8 Å². The first-order chi connectivity index (χ1) is 9.21. The Labute approximate surface area is 129 Å². The highest BCUT2D eigenvalue weighted by molar-refractivity contribution is 4.87. The lowest BCUT2D eigenvalue weighted by Crippen LogP contribution is -2.50. The standard InChI is InChI=1S/C19H41N/c1-9-10-11-18(6)19(7,8)20(14-12-16(2)3)15-13-17(4)5/h16-18H,9-15H2,1-8H3. The van der Waals surface area contributed by atoms with E-state index in [0.717, 1.165) is 17.8 Å². The van der Waals surface area contributed by atoms with Gasteiger partial charge in [0.05, 0.1) is 0 Å². The Morgan fingerprint density at radius 2 is 1.25 bits per heavy atom. The SMILES string of the molecule is CCCCC(C)C(C)(C)N(CCC(C)C)CCC(C)C. The van der Waals surface area contributed by atoms with E-state index >= 15 is 0 Å². The molecular formula is C19H41N. The molecule has 0 aliphatic heterocycles. The normalized spacial score (nSPS) is 14.6. The van der Waals surface area contributed by atoms with Crippen LogP contribution in [-0.4, -0.2) is 23.5 Å². The highest BCUT2D eigenvalue weighted by atomic mass is 15.2. The maximum absolute atomic E-state index is 2.77. The molecule has 0 radical (unpaired) electrons. The van der Waals surface area contributed by atoms with Crippen LogP contribution in [-0.2, 0) is 0 Å². The first kappa shape index (κ1) is 20.0. The topological polar surface area (TPSA) is 3.24 Å². The summed E-state index contributed by atoms with van der Waals surface area (Å²) in [5.41, 5.74) is 0.332. The molecule has 122 valence electrons. The van der Waals surface area contributed by atoms with Crippen LogP contribution in [0.2, 0.25) is 0 Å². The summed E-state index contributed by atoms with van der Waals surface area (Å²) < 4.78 is 0. The number of hydrogen-bond acceptors (Lipinski definition) is 1. The predicted octanol–water partition coefficient (Wildman–Crippen LogP) is 5.99. The Morgan fingerprint density at radius 3 is 1.60 bits per heavy atom. The fourth-order valence-electron chi connectivity index (χ4n) is 2.69. The van der Waals surface area contributed by atoms with Crippen LogP contribution in [0.15, 0.2) is 0 Å². The van der Waals surface area contributed by atoms with Crippen LogP contribution in [0.1, 0.15) is 87.5 Å². The molecule has 0 amide bonds. The Kier molecular flexibility index (Phi) is 9.80. The van der Waals surface area contributed by atoms with Gasteiger partial charge in [-0.3, -0.25) is 4.90 Å².